The largest absolute Gasteiger partial charge is 0.454 e. The lowest BCUT2D eigenvalue weighted by atomic mass is 10.1. The van der Waals surface area contributed by atoms with Crippen LogP contribution in [0.4, 0.5) is 5.69 Å². The predicted octanol–water partition coefficient (Wildman–Crippen LogP) is 6.14. The van der Waals surface area contributed by atoms with Gasteiger partial charge >= 0.3 is 0 Å². The quantitative estimate of drug-likeness (QED) is 0.410. The first kappa shape index (κ1) is 16.6. The Kier molecular flexibility index (Phi) is 4.35. The zero-order valence-electron chi connectivity index (χ0n) is 14.1. The van der Waals surface area contributed by atoms with Gasteiger partial charge in [0.2, 0.25) is 0 Å². The van der Waals surface area contributed by atoms with Gasteiger partial charge < -0.3 is 9.32 Å². The highest BCUT2D eigenvalue weighted by Gasteiger charge is 2.24. The van der Waals surface area contributed by atoms with Gasteiger partial charge in [-0.1, -0.05) is 64.5 Å². The summed E-state index contributed by atoms with van der Waals surface area (Å²) in [5.41, 5.74) is 3.08. The van der Waals surface area contributed by atoms with E-state index in [9.17, 15) is 4.79 Å². The van der Waals surface area contributed by atoms with Crippen LogP contribution < -0.4 is 4.90 Å². The number of hydrogen-bond acceptors (Lipinski definition) is 2. The smallest absolute Gasteiger partial charge is 0.258 e. The molecule has 3 nitrogen and oxygen atoms in total. The highest BCUT2D eigenvalue weighted by atomic mass is 79.9. The zero-order chi connectivity index (χ0) is 18.1. The summed E-state index contributed by atoms with van der Waals surface area (Å²) in [4.78, 5) is 14.7. The Morgan fingerprint density at radius 3 is 2.27 bits per heavy atom. The fourth-order valence-electron chi connectivity index (χ4n) is 3.05. The normalized spacial score (nSPS) is 10.8. The van der Waals surface area contributed by atoms with Gasteiger partial charge in [-0.2, -0.15) is 0 Å². The summed E-state index contributed by atoms with van der Waals surface area (Å²) in [5, 5.41) is 0.894. The number of furan rings is 1. The number of anilines is 1. The number of benzene rings is 3. The first-order valence-corrected chi connectivity index (χ1v) is 9.05. The maximum absolute atomic E-state index is 13.0. The average Bonchev–Trinajstić information content (AvgIpc) is 3.06. The molecule has 4 aromatic rings. The number of carbonyl (C=O) groups is 1. The van der Waals surface area contributed by atoms with Crippen molar-refractivity contribution in [3.8, 4) is 11.3 Å². The van der Waals surface area contributed by atoms with Gasteiger partial charge in [-0.15, -0.1) is 0 Å². The van der Waals surface area contributed by atoms with Gasteiger partial charge in [0.05, 0.1) is 5.69 Å². The van der Waals surface area contributed by atoms with E-state index in [2.05, 4.69) is 15.9 Å². The van der Waals surface area contributed by atoms with E-state index in [0.29, 0.717) is 11.3 Å². The van der Waals surface area contributed by atoms with Crippen molar-refractivity contribution < 1.29 is 9.21 Å². The van der Waals surface area contributed by atoms with E-state index >= 15 is 0 Å². The molecule has 1 aromatic heterocycles. The topological polar surface area (TPSA) is 33.5 Å². The lowest BCUT2D eigenvalue weighted by Gasteiger charge is -2.18. The lowest BCUT2D eigenvalue weighted by Crippen LogP contribution is -2.26. The Balaban J connectivity index is 1.92. The van der Waals surface area contributed by atoms with E-state index in [-0.39, 0.29) is 5.91 Å². The number of nitrogens with zero attached hydrogens (tertiary/aromatic N) is 1. The molecule has 0 aliphatic carbocycles. The molecule has 0 aliphatic heterocycles. The molecular formula is C22H16BrNO2. The highest BCUT2D eigenvalue weighted by Crippen LogP contribution is 2.41. The van der Waals surface area contributed by atoms with Crippen LogP contribution in [0.3, 0.4) is 0 Å². The maximum Gasteiger partial charge on any atom is 0.258 e. The second-order valence-electron chi connectivity index (χ2n) is 6.02. The lowest BCUT2D eigenvalue weighted by molar-refractivity contribution is 0.0993. The van der Waals surface area contributed by atoms with E-state index in [4.69, 9.17) is 4.42 Å². The molecule has 0 radical (unpaired) electrons. The first-order valence-electron chi connectivity index (χ1n) is 8.26. The van der Waals surface area contributed by atoms with Crippen molar-refractivity contribution in [1.29, 1.82) is 0 Å². The molecule has 0 saturated carbocycles. The van der Waals surface area contributed by atoms with Crippen LogP contribution in [0, 0.1) is 0 Å². The van der Waals surface area contributed by atoms with Crippen LogP contribution in [-0.2, 0) is 0 Å². The fourth-order valence-corrected chi connectivity index (χ4v) is 3.41. The third kappa shape index (κ3) is 2.93. The Labute approximate surface area is 160 Å². The number of halogens is 1. The number of rotatable bonds is 3. The molecule has 0 unspecified atom stereocenters. The summed E-state index contributed by atoms with van der Waals surface area (Å²) in [6.45, 7) is 0. The molecule has 0 saturated heterocycles. The van der Waals surface area contributed by atoms with Crippen LogP contribution in [0.25, 0.3) is 22.3 Å². The van der Waals surface area contributed by atoms with Crippen LogP contribution in [-0.4, -0.2) is 13.0 Å². The van der Waals surface area contributed by atoms with Crippen molar-refractivity contribution in [2.45, 2.75) is 0 Å². The molecule has 1 amide bonds. The molecule has 3 aromatic carbocycles. The molecule has 0 atom stereocenters. The summed E-state index contributed by atoms with van der Waals surface area (Å²) >= 11 is 3.52. The van der Waals surface area contributed by atoms with Crippen molar-refractivity contribution >= 4 is 38.5 Å². The molecule has 1 heterocycles. The number of fused-ring (bicyclic) bond motifs is 1. The third-order valence-corrected chi connectivity index (χ3v) is 4.81. The van der Waals surface area contributed by atoms with Gasteiger partial charge in [-0.25, -0.2) is 0 Å². The number of hydrogen-bond donors (Lipinski definition) is 0. The summed E-state index contributed by atoms with van der Waals surface area (Å²) in [7, 11) is 1.78. The molecular weight excluding hydrogens is 390 g/mol. The molecule has 0 aliphatic rings. The third-order valence-electron chi connectivity index (χ3n) is 4.32. The predicted molar refractivity (Wildman–Crippen MR) is 109 cm³/mol. The fraction of sp³-hybridized carbons (Fsp3) is 0.0455. The highest BCUT2D eigenvalue weighted by molar-refractivity contribution is 9.10. The Hall–Kier alpha value is -2.85. The second-order valence-corrected chi connectivity index (χ2v) is 6.93. The van der Waals surface area contributed by atoms with E-state index in [1.165, 1.54) is 0 Å². The molecule has 26 heavy (non-hydrogen) atoms. The molecule has 128 valence electrons. The minimum atomic E-state index is -0.0783. The van der Waals surface area contributed by atoms with Crippen molar-refractivity contribution in [2.75, 3.05) is 11.9 Å². The number of amides is 1. The SMILES string of the molecule is CN(C(=O)c1ccccc1)c1c(-c2ccccc2)oc2ccc(Br)cc12. The van der Waals surface area contributed by atoms with E-state index < -0.39 is 0 Å². The van der Waals surface area contributed by atoms with Crippen molar-refractivity contribution in [3.63, 3.8) is 0 Å². The van der Waals surface area contributed by atoms with Crippen LogP contribution in [0.1, 0.15) is 10.4 Å². The van der Waals surface area contributed by atoms with Crippen molar-refractivity contribution in [3.05, 3.63) is 88.9 Å². The van der Waals surface area contributed by atoms with Crippen molar-refractivity contribution in [1.82, 2.24) is 0 Å². The van der Waals surface area contributed by atoms with Gasteiger partial charge in [-0.3, -0.25) is 4.79 Å². The number of carbonyl (C=O) groups excluding carboxylic acids is 1. The van der Waals surface area contributed by atoms with Crippen LogP contribution in [0.5, 0.6) is 0 Å². The molecule has 0 N–H and O–H groups in total. The standard InChI is InChI=1S/C22H16BrNO2/c1-24(22(25)16-10-6-3-7-11-16)20-18-14-17(23)12-13-19(18)26-21(20)15-8-4-2-5-9-15/h2-14H,1H3. The summed E-state index contributed by atoms with van der Waals surface area (Å²) in [6.07, 6.45) is 0. The minimum absolute atomic E-state index is 0.0783. The van der Waals surface area contributed by atoms with E-state index in [1.54, 1.807) is 11.9 Å². The Morgan fingerprint density at radius 1 is 0.923 bits per heavy atom. The summed E-state index contributed by atoms with van der Waals surface area (Å²) in [6, 6.07) is 24.9. The van der Waals surface area contributed by atoms with Gasteiger partial charge in [0.15, 0.2) is 5.76 Å². The molecule has 4 rings (SSSR count). The van der Waals surface area contributed by atoms with Gasteiger partial charge in [0, 0.05) is 28.0 Å². The zero-order valence-corrected chi connectivity index (χ0v) is 15.7. The van der Waals surface area contributed by atoms with Crippen LogP contribution in [0.2, 0.25) is 0 Å². The molecule has 0 spiro atoms. The minimum Gasteiger partial charge on any atom is -0.454 e. The van der Waals surface area contributed by atoms with Gasteiger partial charge in [-0.05, 0) is 30.3 Å². The Morgan fingerprint density at radius 2 is 1.58 bits per heavy atom. The van der Waals surface area contributed by atoms with Gasteiger partial charge in [0.1, 0.15) is 5.58 Å². The first-order chi connectivity index (χ1) is 12.6. The molecule has 0 fully saturated rings. The van der Waals surface area contributed by atoms with E-state index in [0.717, 1.165) is 26.7 Å². The van der Waals surface area contributed by atoms with E-state index in [1.807, 2.05) is 78.9 Å². The van der Waals surface area contributed by atoms with Crippen LogP contribution in [0.15, 0.2) is 87.8 Å². The molecule has 0 bridgehead atoms. The summed E-state index contributed by atoms with van der Waals surface area (Å²) in [5.74, 6) is 0.607. The summed E-state index contributed by atoms with van der Waals surface area (Å²) < 4.78 is 7.07. The average molecular weight is 406 g/mol. The Bertz CT molecular complexity index is 1070. The monoisotopic (exact) mass is 405 g/mol. The second kappa shape index (κ2) is 6.81. The maximum atomic E-state index is 13.0. The molecule has 4 heteroatoms. The van der Waals surface area contributed by atoms with Crippen molar-refractivity contribution in [2.24, 2.45) is 0 Å². The van der Waals surface area contributed by atoms with Crippen LogP contribution >= 0.6 is 15.9 Å². The van der Waals surface area contributed by atoms with Gasteiger partial charge in [0.25, 0.3) is 5.91 Å².